The lowest BCUT2D eigenvalue weighted by atomic mass is 9.45. The lowest BCUT2D eigenvalue weighted by Gasteiger charge is -2.58. The number of hydrogen-bond donors (Lipinski definition) is 0. The summed E-state index contributed by atoms with van der Waals surface area (Å²) in [4.78, 5) is 11.5. The van der Waals surface area contributed by atoms with Crippen LogP contribution in [0.15, 0.2) is 0 Å². The van der Waals surface area contributed by atoms with Crippen molar-refractivity contribution in [2.24, 2.45) is 28.6 Å². The van der Waals surface area contributed by atoms with E-state index in [4.69, 9.17) is 9.47 Å². The van der Waals surface area contributed by atoms with Crippen LogP contribution in [0.1, 0.15) is 72.1 Å². The molecule has 9 atom stereocenters. The largest absolute Gasteiger partial charge is 0.462 e. The van der Waals surface area contributed by atoms with Gasteiger partial charge in [-0.3, -0.25) is 4.79 Å². The highest BCUT2D eigenvalue weighted by molar-refractivity contribution is 5.66. The lowest BCUT2D eigenvalue weighted by Crippen LogP contribution is -2.58. The van der Waals surface area contributed by atoms with Crippen molar-refractivity contribution in [2.75, 3.05) is 0 Å². The molecule has 0 amide bonds. The number of alkyl halides is 1. The molecule has 4 heteroatoms. The zero-order valence-electron chi connectivity index (χ0n) is 15.7. The molecule has 4 aliphatic carbocycles. The number of epoxide rings is 1. The number of carbonyl (C=O) groups is 1. The molecule has 0 aromatic carbocycles. The van der Waals surface area contributed by atoms with Crippen LogP contribution >= 0.6 is 0 Å². The van der Waals surface area contributed by atoms with E-state index in [1.165, 1.54) is 13.3 Å². The Balaban J connectivity index is 1.45. The first-order valence-corrected chi connectivity index (χ1v) is 10.3. The average Bonchev–Trinajstić information content (AvgIpc) is 3.14. The Hall–Kier alpha value is -0.640. The quantitative estimate of drug-likeness (QED) is 0.519. The van der Waals surface area contributed by atoms with Crippen molar-refractivity contribution in [3.8, 4) is 0 Å². The number of carbonyl (C=O) groups excluding carboxylic acids is 1. The first-order chi connectivity index (χ1) is 11.8. The smallest absolute Gasteiger partial charge is 0.302 e. The van der Waals surface area contributed by atoms with Gasteiger partial charge in [-0.25, -0.2) is 4.39 Å². The predicted molar refractivity (Wildman–Crippen MR) is 91.7 cm³/mol. The van der Waals surface area contributed by atoms with Gasteiger partial charge in [0.2, 0.25) is 0 Å². The molecular weight excluding hydrogens is 319 g/mol. The molecule has 1 spiro atoms. The fourth-order valence-electron chi connectivity index (χ4n) is 7.97. The number of hydrogen-bond acceptors (Lipinski definition) is 3. The molecule has 0 unspecified atom stereocenters. The summed E-state index contributed by atoms with van der Waals surface area (Å²) in [7, 11) is 0. The van der Waals surface area contributed by atoms with Crippen molar-refractivity contribution in [2.45, 2.75) is 96.1 Å². The van der Waals surface area contributed by atoms with Crippen molar-refractivity contribution < 1.29 is 18.7 Å². The molecule has 0 radical (unpaired) electrons. The van der Waals surface area contributed by atoms with E-state index < -0.39 is 6.17 Å². The van der Waals surface area contributed by atoms with Crippen molar-refractivity contribution >= 4 is 5.97 Å². The zero-order chi connectivity index (χ0) is 17.6. The van der Waals surface area contributed by atoms with Gasteiger partial charge in [0, 0.05) is 24.2 Å². The van der Waals surface area contributed by atoms with Crippen LogP contribution < -0.4 is 0 Å². The molecule has 140 valence electrons. The summed E-state index contributed by atoms with van der Waals surface area (Å²) in [6, 6.07) is 0. The Kier molecular flexibility index (Phi) is 3.30. The summed E-state index contributed by atoms with van der Waals surface area (Å²) in [5.74, 6) is 1.78. The summed E-state index contributed by atoms with van der Waals surface area (Å²) in [6.45, 7) is 6.29. The van der Waals surface area contributed by atoms with Gasteiger partial charge in [-0.1, -0.05) is 13.8 Å². The van der Waals surface area contributed by atoms with Crippen LogP contribution in [0.3, 0.4) is 0 Å². The molecule has 4 saturated carbocycles. The minimum Gasteiger partial charge on any atom is -0.462 e. The third-order valence-electron chi connectivity index (χ3n) is 9.25. The molecule has 5 aliphatic rings. The van der Waals surface area contributed by atoms with Gasteiger partial charge in [0.1, 0.15) is 17.9 Å². The van der Waals surface area contributed by atoms with Crippen LogP contribution in [0, 0.1) is 28.6 Å². The van der Waals surface area contributed by atoms with E-state index in [0.717, 1.165) is 32.1 Å². The monoisotopic (exact) mass is 350 g/mol. The molecule has 0 aromatic heterocycles. The summed E-state index contributed by atoms with van der Waals surface area (Å²) >= 11 is 0. The highest BCUT2D eigenvalue weighted by atomic mass is 19.1. The van der Waals surface area contributed by atoms with Crippen molar-refractivity contribution in [1.29, 1.82) is 0 Å². The Bertz CT molecular complexity index is 608. The molecule has 5 fully saturated rings. The highest BCUT2D eigenvalue weighted by Gasteiger charge is 2.76. The molecular formula is C21H31FO3. The normalized spacial score (nSPS) is 59.2. The standard InChI is InChI=1S/C21H31FO3/c1-12(23)24-17-5-4-15-14-10-18-21(25-18)11-13(22)6-9-20(21,3)16(14)7-8-19(15,17)2/h13-18H,4-11H2,1-3H3/t13-,14+,15+,16+,17+,18+,19+,20-,21+/m1/s1. The summed E-state index contributed by atoms with van der Waals surface area (Å²) < 4.78 is 26.1. The first kappa shape index (κ1) is 16.5. The van der Waals surface area contributed by atoms with Gasteiger partial charge >= 0.3 is 5.97 Å². The summed E-state index contributed by atoms with van der Waals surface area (Å²) in [5.41, 5.74) is 0.104. The Labute approximate surface area is 150 Å². The van der Waals surface area contributed by atoms with E-state index in [0.29, 0.717) is 30.6 Å². The van der Waals surface area contributed by atoms with Gasteiger partial charge in [0.25, 0.3) is 0 Å². The van der Waals surface area contributed by atoms with Crippen LogP contribution in [0.25, 0.3) is 0 Å². The molecule has 1 saturated heterocycles. The van der Waals surface area contributed by atoms with Gasteiger partial charge < -0.3 is 9.47 Å². The van der Waals surface area contributed by atoms with Gasteiger partial charge in [-0.2, -0.15) is 0 Å². The SMILES string of the molecule is CC(=O)O[C@H]1CC[C@H]2[C@@H]3C[C@@H]4O[C@@]45C[C@H](F)CC[C@]5(C)[C@H]3CC[C@]12C. The summed E-state index contributed by atoms with van der Waals surface area (Å²) in [5, 5.41) is 0. The Morgan fingerprint density at radius 2 is 1.92 bits per heavy atom. The second-order valence-electron chi connectivity index (χ2n) is 10.1. The number of rotatable bonds is 1. The third kappa shape index (κ3) is 1.98. The van der Waals surface area contributed by atoms with E-state index >= 15 is 0 Å². The number of halogens is 1. The van der Waals surface area contributed by atoms with Gasteiger partial charge in [0.05, 0.1) is 6.10 Å². The molecule has 0 bridgehead atoms. The molecule has 5 rings (SSSR count). The zero-order valence-corrected chi connectivity index (χ0v) is 15.7. The number of fused-ring (bicyclic) bond motifs is 4. The Morgan fingerprint density at radius 3 is 2.68 bits per heavy atom. The van der Waals surface area contributed by atoms with Gasteiger partial charge in [-0.05, 0) is 62.7 Å². The third-order valence-corrected chi connectivity index (χ3v) is 9.25. The fraction of sp³-hybridized carbons (Fsp3) is 0.952. The highest BCUT2D eigenvalue weighted by Crippen LogP contribution is 2.73. The maximum atomic E-state index is 14.1. The van der Waals surface area contributed by atoms with Crippen LogP contribution in [-0.2, 0) is 14.3 Å². The lowest BCUT2D eigenvalue weighted by molar-refractivity contribution is -0.159. The van der Waals surface area contributed by atoms with E-state index in [-0.39, 0.29) is 34.6 Å². The second kappa shape index (κ2) is 4.99. The van der Waals surface area contributed by atoms with Crippen molar-refractivity contribution in [3.63, 3.8) is 0 Å². The average molecular weight is 350 g/mol. The van der Waals surface area contributed by atoms with Gasteiger partial charge in [-0.15, -0.1) is 0 Å². The van der Waals surface area contributed by atoms with Crippen molar-refractivity contribution in [1.82, 2.24) is 0 Å². The van der Waals surface area contributed by atoms with E-state index in [1.807, 2.05) is 0 Å². The molecule has 0 aromatic rings. The van der Waals surface area contributed by atoms with Crippen molar-refractivity contribution in [3.05, 3.63) is 0 Å². The van der Waals surface area contributed by atoms with Gasteiger partial charge in [0.15, 0.2) is 0 Å². The molecule has 1 heterocycles. The van der Waals surface area contributed by atoms with Crippen LogP contribution in [0.4, 0.5) is 4.39 Å². The molecule has 1 aliphatic heterocycles. The topological polar surface area (TPSA) is 38.8 Å². The number of ether oxygens (including phenoxy) is 2. The van der Waals surface area contributed by atoms with Crippen LogP contribution in [0.2, 0.25) is 0 Å². The summed E-state index contributed by atoms with van der Waals surface area (Å²) in [6.07, 6.45) is 7.55. The fourth-order valence-corrected chi connectivity index (χ4v) is 7.97. The molecule has 25 heavy (non-hydrogen) atoms. The predicted octanol–water partition coefficient (Wildman–Crippen LogP) is 4.43. The number of esters is 1. The maximum Gasteiger partial charge on any atom is 0.302 e. The Morgan fingerprint density at radius 1 is 1.12 bits per heavy atom. The van der Waals surface area contributed by atoms with E-state index in [2.05, 4.69) is 13.8 Å². The molecule has 3 nitrogen and oxygen atoms in total. The van der Waals surface area contributed by atoms with Crippen LogP contribution in [0.5, 0.6) is 0 Å². The van der Waals surface area contributed by atoms with E-state index in [9.17, 15) is 9.18 Å². The second-order valence-corrected chi connectivity index (χ2v) is 10.1. The van der Waals surface area contributed by atoms with Crippen LogP contribution in [-0.4, -0.2) is 29.9 Å². The maximum absolute atomic E-state index is 14.1. The first-order valence-electron chi connectivity index (χ1n) is 10.3. The minimum atomic E-state index is -0.677. The molecule has 0 N–H and O–H groups in total. The minimum absolute atomic E-state index is 0.0807. The van der Waals surface area contributed by atoms with E-state index in [1.54, 1.807) is 0 Å².